The van der Waals surface area contributed by atoms with Crippen molar-refractivity contribution in [3.8, 4) is 0 Å². The molecule has 0 aromatic carbocycles. The highest BCUT2D eigenvalue weighted by Crippen LogP contribution is 2.28. The predicted molar refractivity (Wildman–Crippen MR) is 32.1 cm³/mol. The summed E-state index contributed by atoms with van der Waals surface area (Å²) < 4.78 is 24.7. The van der Waals surface area contributed by atoms with Crippen LogP contribution in [0.25, 0.3) is 0 Å². The lowest BCUT2D eigenvalue weighted by Crippen LogP contribution is -2.36. The molecule has 0 aliphatic carbocycles. The van der Waals surface area contributed by atoms with Crippen molar-refractivity contribution in [2.24, 2.45) is 10.5 Å². The van der Waals surface area contributed by atoms with E-state index in [1.807, 2.05) is 0 Å². The van der Waals surface area contributed by atoms with E-state index in [4.69, 9.17) is 5.11 Å². The Hall–Kier alpha value is -1.20. The van der Waals surface area contributed by atoms with Crippen molar-refractivity contribution in [2.45, 2.75) is 6.92 Å². The third kappa shape index (κ3) is 1.04. The first-order valence-electron chi connectivity index (χ1n) is 2.88. The van der Waals surface area contributed by atoms with Crippen LogP contribution in [-0.2, 0) is 4.79 Å². The molecule has 0 amide bonds. The van der Waals surface area contributed by atoms with Gasteiger partial charge in [-0.15, -0.1) is 10.3 Å². The summed E-state index contributed by atoms with van der Waals surface area (Å²) in [5.74, 6) is -2.62. The zero-order valence-electron chi connectivity index (χ0n) is 5.71. The van der Waals surface area contributed by atoms with E-state index in [0.717, 1.165) is 6.92 Å². The van der Waals surface area contributed by atoms with Crippen molar-refractivity contribution >= 4 is 11.9 Å². The monoisotopic (exact) mass is 164 g/mol. The maximum atomic E-state index is 12.6. The Morgan fingerprint density at radius 3 is 2.64 bits per heavy atom. The van der Waals surface area contributed by atoms with Crippen LogP contribution in [0.4, 0.5) is 8.87 Å². The van der Waals surface area contributed by atoms with Crippen molar-refractivity contribution in [3.05, 3.63) is 0 Å². The summed E-state index contributed by atoms with van der Waals surface area (Å²) in [6.45, 7) is 0.502. The van der Waals surface area contributed by atoms with Gasteiger partial charge in [-0.25, -0.2) is 0 Å². The fourth-order valence-corrected chi connectivity index (χ4v) is 0.723. The summed E-state index contributed by atoms with van der Waals surface area (Å²) in [7, 11) is 0. The van der Waals surface area contributed by atoms with E-state index < -0.39 is 23.9 Å². The van der Waals surface area contributed by atoms with E-state index in [1.54, 1.807) is 0 Å². The molecule has 0 fully saturated rings. The molecular formula is C5H6F2N2O2. The van der Waals surface area contributed by atoms with Gasteiger partial charge in [0.1, 0.15) is 0 Å². The molecule has 1 aliphatic heterocycles. The number of hydrogen-bond acceptors (Lipinski definition) is 3. The quantitative estimate of drug-likeness (QED) is 0.576. The first kappa shape index (κ1) is 7.90. The number of carbonyl (C=O) groups is 1. The minimum atomic E-state index is -1.82. The summed E-state index contributed by atoms with van der Waals surface area (Å²) in [6, 6.07) is 0. The van der Waals surface area contributed by atoms with Crippen LogP contribution in [0.1, 0.15) is 6.92 Å². The fraction of sp³-hybridized carbons (Fsp3) is 0.600. The number of halogens is 2. The summed E-state index contributed by atoms with van der Waals surface area (Å²) >= 11 is 0. The Balaban J connectivity index is 2.92. The Bertz CT molecular complexity index is 231. The highest BCUT2D eigenvalue weighted by Gasteiger charge is 2.47. The van der Waals surface area contributed by atoms with E-state index in [2.05, 4.69) is 5.10 Å². The first-order valence-corrected chi connectivity index (χ1v) is 2.88. The maximum Gasteiger partial charge on any atom is 0.320 e. The van der Waals surface area contributed by atoms with Crippen molar-refractivity contribution < 1.29 is 18.8 Å². The SMILES string of the molecule is CC1(C(=O)O)CN(F)N=C1F. The van der Waals surface area contributed by atoms with Crippen LogP contribution in [0.2, 0.25) is 0 Å². The summed E-state index contributed by atoms with van der Waals surface area (Å²) in [5, 5.41) is 10.9. The molecule has 1 heterocycles. The van der Waals surface area contributed by atoms with Crippen LogP contribution in [0.5, 0.6) is 0 Å². The Morgan fingerprint density at radius 2 is 2.45 bits per heavy atom. The van der Waals surface area contributed by atoms with Crippen molar-refractivity contribution in [2.75, 3.05) is 6.54 Å². The number of hydrazone groups is 1. The van der Waals surface area contributed by atoms with Gasteiger partial charge in [-0.05, 0) is 6.92 Å². The molecule has 11 heavy (non-hydrogen) atoms. The Kier molecular flexibility index (Phi) is 1.54. The second kappa shape index (κ2) is 2.14. The van der Waals surface area contributed by atoms with Gasteiger partial charge in [-0.1, -0.05) is 4.48 Å². The van der Waals surface area contributed by atoms with Crippen LogP contribution < -0.4 is 0 Å². The van der Waals surface area contributed by atoms with Crippen molar-refractivity contribution in [1.82, 2.24) is 5.23 Å². The molecule has 1 aliphatic rings. The summed E-state index contributed by atoms with van der Waals surface area (Å²) in [5.41, 5.74) is -1.82. The number of aliphatic carboxylic acids is 1. The normalized spacial score (nSPS) is 30.5. The van der Waals surface area contributed by atoms with Crippen LogP contribution in [0.3, 0.4) is 0 Å². The third-order valence-corrected chi connectivity index (χ3v) is 1.57. The molecule has 0 radical (unpaired) electrons. The maximum absolute atomic E-state index is 12.6. The van der Waals surface area contributed by atoms with Crippen LogP contribution in [0.15, 0.2) is 5.10 Å². The summed E-state index contributed by atoms with van der Waals surface area (Å²) in [6.07, 6.45) is 0. The van der Waals surface area contributed by atoms with Crippen molar-refractivity contribution in [1.29, 1.82) is 0 Å². The first-order chi connectivity index (χ1) is 4.97. The molecule has 0 saturated heterocycles. The molecule has 1 N–H and O–H groups in total. The molecular weight excluding hydrogens is 158 g/mol. The zero-order chi connectivity index (χ0) is 8.65. The van der Waals surface area contributed by atoms with Crippen LogP contribution >= 0.6 is 0 Å². The summed E-state index contributed by atoms with van der Waals surface area (Å²) in [4.78, 5) is 10.4. The molecule has 0 saturated carbocycles. The topological polar surface area (TPSA) is 52.9 Å². The van der Waals surface area contributed by atoms with E-state index in [-0.39, 0.29) is 5.23 Å². The van der Waals surface area contributed by atoms with Crippen molar-refractivity contribution in [3.63, 3.8) is 0 Å². The van der Waals surface area contributed by atoms with Crippen LogP contribution in [0, 0.1) is 5.41 Å². The average molecular weight is 164 g/mol. The smallest absolute Gasteiger partial charge is 0.320 e. The van der Waals surface area contributed by atoms with Gasteiger partial charge >= 0.3 is 5.97 Å². The second-order valence-corrected chi connectivity index (χ2v) is 2.52. The predicted octanol–water partition coefficient (Wildman–Crippen LogP) is 0.560. The van der Waals surface area contributed by atoms with Gasteiger partial charge in [0.25, 0.3) is 0 Å². The van der Waals surface area contributed by atoms with Gasteiger partial charge in [0.05, 0.1) is 6.54 Å². The highest BCUT2D eigenvalue weighted by molar-refractivity contribution is 6.02. The molecule has 4 nitrogen and oxygen atoms in total. The number of hydrogen-bond donors (Lipinski definition) is 1. The lowest BCUT2D eigenvalue weighted by molar-refractivity contribution is -0.145. The minimum Gasteiger partial charge on any atom is -0.480 e. The van der Waals surface area contributed by atoms with Crippen LogP contribution in [-0.4, -0.2) is 28.8 Å². The molecule has 6 heteroatoms. The van der Waals surface area contributed by atoms with Gasteiger partial charge in [-0.3, -0.25) is 4.79 Å². The largest absolute Gasteiger partial charge is 0.480 e. The fourth-order valence-electron chi connectivity index (χ4n) is 0.723. The number of nitrogens with zero attached hydrogens (tertiary/aromatic N) is 2. The molecule has 1 rings (SSSR count). The lowest BCUT2D eigenvalue weighted by atomic mass is 9.93. The molecule has 62 valence electrons. The zero-order valence-corrected chi connectivity index (χ0v) is 5.71. The molecule has 1 unspecified atom stereocenters. The van der Waals surface area contributed by atoms with Gasteiger partial charge in [-0.2, -0.15) is 4.39 Å². The molecule has 0 bridgehead atoms. The standard InChI is InChI=1S/C5H6F2N2O2/c1-5(4(10)11)2-9(7)8-3(5)6/h2H2,1H3,(H,10,11). The van der Waals surface area contributed by atoms with Gasteiger partial charge in [0.15, 0.2) is 5.41 Å². The van der Waals surface area contributed by atoms with Gasteiger partial charge in [0, 0.05) is 0 Å². The highest BCUT2D eigenvalue weighted by atomic mass is 19.2. The second-order valence-electron chi connectivity index (χ2n) is 2.52. The third-order valence-electron chi connectivity index (χ3n) is 1.57. The lowest BCUT2D eigenvalue weighted by Gasteiger charge is -2.13. The molecule has 1 atom stereocenters. The molecule has 0 spiro atoms. The molecule has 0 aromatic rings. The number of carboxylic acids is 1. The molecule has 0 aromatic heterocycles. The van der Waals surface area contributed by atoms with E-state index >= 15 is 0 Å². The van der Waals surface area contributed by atoms with Gasteiger partial charge < -0.3 is 5.11 Å². The Morgan fingerprint density at radius 1 is 1.91 bits per heavy atom. The van der Waals surface area contributed by atoms with E-state index in [0.29, 0.717) is 0 Å². The minimum absolute atomic E-state index is 0.219. The number of carboxylic acid groups (broad SMARTS) is 1. The Labute approximate surface area is 61.0 Å². The average Bonchev–Trinajstić information content (AvgIpc) is 2.08. The van der Waals surface area contributed by atoms with E-state index in [9.17, 15) is 13.7 Å². The van der Waals surface area contributed by atoms with E-state index in [1.165, 1.54) is 0 Å². The number of rotatable bonds is 1. The van der Waals surface area contributed by atoms with Gasteiger partial charge in [0.2, 0.25) is 5.97 Å².